The quantitative estimate of drug-likeness (QED) is 0.793. The molecule has 1 aromatic carbocycles. The molecule has 0 amide bonds. The van der Waals surface area contributed by atoms with Crippen LogP contribution in [0.5, 0.6) is 0 Å². The number of rotatable bonds is 5. The Bertz CT molecular complexity index is 334. The van der Waals surface area contributed by atoms with Gasteiger partial charge in [0.2, 0.25) is 0 Å². The van der Waals surface area contributed by atoms with Crippen LogP contribution in [0.1, 0.15) is 50.7 Å². The standard InChI is InChI=1S/C15H23N/c1-3-13-8-5-6-9-14(13)12-16-15(4-2)10-7-11-15/h5-6,8-9,16H,3-4,7,10-12H2,1-2H3. The second-order valence-corrected chi connectivity index (χ2v) is 4.96. The van der Waals surface area contributed by atoms with E-state index in [1.54, 1.807) is 0 Å². The average molecular weight is 217 g/mol. The zero-order valence-electron chi connectivity index (χ0n) is 10.6. The number of benzene rings is 1. The van der Waals surface area contributed by atoms with Crippen molar-refractivity contribution in [2.24, 2.45) is 0 Å². The lowest BCUT2D eigenvalue weighted by atomic mass is 9.74. The zero-order valence-corrected chi connectivity index (χ0v) is 10.6. The molecular formula is C15H23N. The van der Waals surface area contributed by atoms with Gasteiger partial charge < -0.3 is 5.32 Å². The van der Waals surface area contributed by atoms with Crippen LogP contribution < -0.4 is 5.32 Å². The van der Waals surface area contributed by atoms with Gasteiger partial charge in [0.15, 0.2) is 0 Å². The molecule has 1 aliphatic carbocycles. The van der Waals surface area contributed by atoms with Gasteiger partial charge in [-0.25, -0.2) is 0 Å². The number of aryl methyl sites for hydroxylation is 1. The van der Waals surface area contributed by atoms with Crippen molar-refractivity contribution < 1.29 is 0 Å². The van der Waals surface area contributed by atoms with E-state index in [0.29, 0.717) is 5.54 Å². The van der Waals surface area contributed by atoms with Crippen LogP contribution >= 0.6 is 0 Å². The van der Waals surface area contributed by atoms with Crippen LogP contribution in [0.2, 0.25) is 0 Å². The highest BCUT2D eigenvalue weighted by Gasteiger charge is 2.34. The van der Waals surface area contributed by atoms with E-state index < -0.39 is 0 Å². The van der Waals surface area contributed by atoms with E-state index in [9.17, 15) is 0 Å². The summed E-state index contributed by atoms with van der Waals surface area (Å²) < 4.78 is 0. The van der Waals surface area contributed by atoms with Crippen molar-refractivity contribution in [3.05, 3.63) is 35.4 Å². The van der Waals surface area contributed by atoms with Gasteiger partial charge in [0, 0.05) is 12.1 Å². The van der Waals surface area contributed by atoms with Crippen LogP contribution in [-0.4, -0.2) is 5.54 Å². The molecule has 0 atom stereocenters. The molecular weight excluding hydrogens is 194 g/mol. The Balaban J connectivity index is 1.98. The second kappa shape index (κ2) is 5.01. The van der Waals surface area contributed by atoms with Gasteiger partial charge in [0.25, 0.3) is 0 Å². The van der Waals surface area contributed by atoms with E-state index in [4.69, 9.17) is 0 Å². The van der Waals surface area contributed by atoms with Crippen molar-refractivity contribution in [3.8, 4) is 0 Å². The monoisotopic (exact) mass is 217 g/mol. The predicted octanol–water partition coefficient (Wildman–Crippen LogP) is 3.67. The Morgan fingerprint density at radius 3 is 2.31 bits per heavy atom. The molecule has 88 valence electrons. The van der Waals surface area contributed by atoms with Crippen LogP contribution in [-0.2, 0) is 13.0 Å². The van der Waals surface area contributed by atoms with Gasteiger partial charge in [0.1, 0.15) is 0 Å². The minimum atomic E-state index is 0.459. The van der Waals surface area contributed by atoms with E-state index in [1.807, 2.05) is 0 Å². The summed E-state index contributed by atoms with van der Waals surface area (Å²) in [6.45, 7) is 5.58. The van der Waals surface area contributed by atoms with Crippen molar-refractivity contribution in [3.63, 3.8) is 0 Å². The van der Waals surface area contributed by atoms with E-state index in [1.165, 1.54) is 36.8 Å². The largest absolute Gasteiger partial charge is 0.307 e. The molecule has 1 N–H and O–H groups in total. The lowest BCUT2D eigenvalue weighted by molar-refractivity contribution is 0.175. The predicted molar refractivity (Wildman–Crippen MR) is 69.5 cm³/mol. The molecule has 1 nitrogen and oxygen atoms in total. The molecule has 16 heavy (non-hydrogen) atoms. The third-order valence-electron chi connectivity index (χ3n) is 4.14. The van der Waals surface area contributed by atoms with Gasteiger partial charge in [-0.05, 0) is 43.2 Å². The summed E-state index contributed by atoms with van der Waals surface area (Å²) in [5.41, 5.74) is 3.42. The van der Waals surface area contributed by atoms with Gasteiger partial charge >= 0.3 is 0 Å². The Morgan fingerprint density at radius 1 is 1.12 bits per heavy atom. The third kappa shape index (κ3) is 2.30. The van der Waals surface area contributed by atoms with Crippen LogP contribution in [0.3, 0.4) is 0 Å². The molecule has 1 aromatic rings. The fourth-order valence-electron chi connectivity index (χ4n) is 2.62. The van der Waals surface area contributed by atoms with E-state index in [2.05, 4.69) is 43.4 Å². The topological polar surface area (TPSA) is 12.0 Å². The van der Waals surface area contributed by atoms with E-state index in [0.717, 1.165) is 13.0 Å². The first-order chi connectivity index (χ1) is 7.79. The summed E-state index contributed by atoms with van der Waals surface area (Å²) in [5, 5.41) is 3.77. The first kappa shape index (κ1) is 11.7. The number of hydrogen-bond donors (Lipinski definition) is 1. The number of nitrogens with one attached hydrogen (secondary N) is 1. The maximum atomic E-state index is 3.77. The average Bonchev–Trinajstić information content (AvgIpc) is 2.29. The van der Waals surface area contributed by atoms with Gasteiger partial charge in [-0.3, -0.25) is 0 Å². The maximum absolute atomic E-state index is 3.77. The summed E-state index contributed by atoms with van der Waals surface area (Å²) in [6.07, 6.45) is 6.52. The molecule has 0 bridgehead atoms. The maximum Gasteiger partial charge on any atom is 0.0213 e. The molecule has 1 heteroatoms. The van der Waals surface area contributed by atoms with Crippen molar-refractivity contribution in [2.45, 2.75) is 58.0 Å². The molecule has 0 saturated heterocycles. The second-order valence-electron chi connectivity index (χ2n) is 4.96. The first-order valence-corrected chi connectivity index (χ1v) is 6.61. The summed E-state index contributed by atoms with van der Waals surface area (Å²) in [7, 11) is 0. The van der Waals surface area contributed by atoms with Gasteiger partial charge in [-0.1, -0.05) is 38.1 Å². The van der Waals surface area contributed by atoms with Crippen LogP contribution in [0, 0.1) is 0 Å². The van der Waals surface area contributed by atoms with Crippen molar-refractivity contribution in [2.75, 3.05) is 0 Å². The minimum absolute atomic E-state index is 0.459. The Hall–Kier alpha value is -0.820. The highest BCUT2D eigenvalue weighted by Crippen LogP contribution is 2.34. The van der Waals surface area contributed by atoms with Crippen LogP contribution in [0.25, 0.3) is 0 Å². The smallest absolute Gasteiger partial charge is 0.0213 e. The summed E-state index contributed by atoms with van der Waals surface area (Å²) in [4.78, 5) is 0. The number of hydrogen-bond acceptors (Lipinski definition) is 1. The van der Waals surface area contributed by atoms with Crippen molar-refractivity contribution >= 4 is 0 Å². The fraction of sp³-hybridized carbons (Fsp3) is 0.600. The first-order valence-electron chi connectivity index (χ1n) is 6.61. The Labute approximate surface area is 99.3 Å². The molecule has 2 rings (SSSR count). The molecule has 1 aliphatic rings. The minimum Gasteiger partial charge on any atom is -0.307 e. The molecule has 0 aromatic heterocycles. The lowest BCUT2D eigenvalue weighted by Crippen LogP contribution is -2.49. The van der Waals surface area contributed by atoms with Gasteiger partial charge in [0.05, 0.1) is 0 Å². The summed E-state index contributed by atoms with van der Waals surface area (Å²) in [6, 6.07) is 8.79. The molecule has 0 heterocycles. The van der Waals surface area contributed by atoms with E-state index >= 15 is 0 Å². The van der Waals surface area contributed by atoms with Crippen LogP contribution in [0.4, 0.5) is 0 Å². The van der Waals surface area contributed by atoms with Crippen LogP contribution in [0.15, 0.2) is 24.3 Å². The third-order valence-corrected chi connectivity index (χ3v) is 4.14. The molecule has 0 aliphatic heterocycles. The lowest BCUT2D eigenvalue weighted by Gasteiger charge is -2.42. The SMILES string of the molecule is CCc1ccccc1CNC1(CC)CCC1. The molecule has 0 spiro atoms. The Morgan fingerprint density at radius 2 is 1.81 bits per heavy atom. The van der Waals surface area contributed by atoms with Gasteiger partial charge in [-0.15, -0.1) is 0 Å². The normalized spacial score (nSPS) is 18.1. The summed E-state index contributed by atoms with van der Waals surface area (Å²) >= 11 is 0. The molecule has 0 unspecified atom stereocenters. The fourth-order valence-corrected chi connectivity index (χ4v) is 2.62. The zero-order chi connectivity index (χ0) is 11.4. The highest BCUT2D eigenvalue weighted by atomic mass is 15.0. The van der Waals surface area contributed by atoms with Crippen molar-refractivity contribution in [1.82, 2.24) is 5.32 Å². The summed E-state index contributed by atoms with van der Waals surface area (Å²) in [5.74, 6) is 0. The highest BCUT2D eigenvalue weighted by molar-refractivity contribution is 5.27. The molecule has 1 fully saturated rings. The molecule has 1 saturated carbocycles. The molecule has 0 radical (unpaired) electrons. The van der Waals surface area contributed by atoms with Crippen molar-refractivity contribution in [1.29, 1.82) is 0 Å². The van der Waals surface area contributed by atoms with Gasteiger partial charge in [-0.2, -0.15) is 0 Å². The Kier molecular flexibility index (Phi) is 3.65. The van der Waals surface area contributed by atoms with E-state index in [-0.39, 0.29) is 0 Å².